The SMILES string of the molecule is CCCNCc1cnc(-c2ccoc2)nc1CC. The molecule has 2 aromatic rings. The Morgan fingerprint density at radius 3 is 2.89 bits per heavy atom. The second kappa shape index (κ2) is 6.31. The molecule has 18 heavy (non-hydrogen) atoms. The normalized spacial score (nSPS) is 10.8. The summed E-state index contributed by atoms with van der Waals surface area (Å²) >= 11 is 0. The van der Waals surface area contributed by atoms with E-state index in [0.29, 0.717) is 0 Å². The molecule has 0 saturated carbocycles. The van der Waals surface area contributed by atoms with Gasteiger partial charge in [0.05, 0.1) is 11.8 Å². The second-order valence-electron chi connectivity index (χ2n) is 4.21. The van der Waals surface area contributed by atoms with Crippen molar-refractivity contribution in [2.24, 2.45) is 0 Å². The number of rotatable bonds is 6. The number of aryl methyl sites for hydroxylation is 1. The van der Waals surface area contributed by atoms with Gasteiger partial charge in [-0.2, -0.15) is 0 Å². The summed E-state index contributed by atoms with van der Waals surface area (Å²) in [6, 6.07) is 1.88. The molecular formula is C14H19N3O. The Bertz CT molecular complexity index is 480. The van der Waals surface area contributed by atoms with Crippen LogP contribution in [0.5, 0.6) is 0 Å². The van der Waals surface area contributed by atoms with Crippen molar-refractivity contribution in [1.29, 1.82) is 0 Å². The molecule has 2 aromatic heterocycles. The molecule has 0 bridgehead atoms. The molecule has 0 aliphatic heterocycles. The third kappa shape index (κ3) is 2.96. The van der Waals surface area contributed by atoms with Gasteiger partial charge >= 0.3 is 0 Å². The van der Waals surface area contributed by atoms with Crippen LogP contribution < -0.4 is 5.32 Å². The predicted molar refractivity (Wildman–Crippen MR) is 71.1 cm³/mol. The van der Waals surface area contributed by atoms with Crippen LogP contribution in [0.4, 0.5) is 0 Å². The summed E-state index contributed by atoms with van der Waals surface area (Å²) in [7, 11) is 0. The van der Waals surface area contributed by atoms with E-state index in [1.807, 2.05) is 12.3 Å². The fraction of sp³-hybridized carbons (Fsp3) is 0.429. The largest absolute Gasteiger partial charge is 0.472 e. The molecule has 0 saturated heterocycles. The van der Waals surface area contributed by atoms with Gasteiger partial charge in [0.15, 0.2) is 5.82 Å². The van der Waals surface area contributed by atoms with Crippen molar-refractivity contribution in [3.63, 3.8) is 0 Å². The van der Waals surface area contributed by atoms with Crippen molar-refractivity contribution >= 4 is 0 Å². The quantitative estimate of drug-likeness (QED) is 0.795. The molecule has 0 spiro atoms. The first-order chi connectivity index (χ1) is 8.85. The lowest BCUT2D eigenvalue weighted by Crippen LogP contribution is -2.16. The minimum atomic E-state index is 0.736. The summed E-state index contributed by atoms with van der Waals surface area (Å²) in [5.74, 6) is 0.736. The number of hydrogen-bond donors (Lipinski definition) is 1. The molecule has 1 N–H and O–H groups in total. The highest BCUT2D eigenvalue weighted by Gasteiger charge is 2.07. The highest BCUT2D eigenvalue weighted by Crippen LogP contribution is 2.17. The lowest BCUT2D eigenvalue weighted by molar-refractivity contribution is 0.568. The van der Waals surface area contributed by atoms with Gasteiger partial charge in [-0.05, 0) is 25.5 Å². The zero-order chi connectivity index (χ0) is 12.8. The zero-order valence-corrected chi connectivity index (χ0v) is 10.9. The summed E-state index contributed by atoms with van der Waals surface area (Å²) in [6.07, 6.45) is 7.27. The van der Waals surface area contributed by atoms with Gasteiger partial charge in [-0.15, -0.1) is 0 Å². The molecule has 2 heterocycles. The maximum Gasteiger partial charge on any atom is 0.162 e. The number of aromatic nitrogens is 2. The van der Waals surface area contributed by atoms with Crippen molar-refractivity contribution in [3.8, 4) is 11.4 Å². The standard InChI is InChI=1S/C14H19N3O/c1-3-6-15-8-12-9-16-14(17-13(12)4-2)11-5-7-18-10-11/h5,7,9-10,15H,3-4,6,8H2,1-2H3. The van der Waals surface area contributed by atoms with Crippen molar-refractivity contribution < 1.29 is 4.42 Å². The first-order valence-electron chi connectivity index (χ1n) is 6.43. The molecule has 0 amide bonds. The molecular weight excluding hydrogens is 226 g/mol. The molecule has 0 aliphatic carbocycles. The number of hydrogen-bond acceptors (Lipinski definition) is 4. The Morgan fingerprint density at radius 2 is 2.22 bits per heavy atom. The van der Waals surface area contributed by atoms with Crippen molar-refractivity contribution in [2.45, 2.75) is 33.2 Å². The van der Waals surface area contributed by atoms with Crippen LogP contribution >= 0.6 is 0 Å². The molecule has 0 atom stereocenters. The van der Waals surface area contributed by atoms with Gasteiger partial charge in [0.2, 0.25) is 0 Å². The van der Waals surface area contributed by atoms with E-state index in [4.69, 9.17) is 4.42 Å². The fourth-order valence-corrected chi connectivity index (χ4v) is 1.83. The van der Waals surface area contributed by atoms with Gasteiger partial charge in [-0.3, -0.25) is 0 Å². The van der Waals surface area contributed by atoms with Crippen LogP contribution in [-0.4, -0.2) is 16.5 Å². The van der Waals surface area contributed by atoms with Gasteiger partial charge in [0, 0.05) is 24.0 Å². The van der Waals surface area contributed by atoms with E-state index in [1.165, 1.54) is 5.56 Å². The van der Waals surface area contributed by atoms with Gasteiger partial charge in [-0.1, -0.05) is 13.8 Å². The Balaban J connectivity index is 2.18. The fourth-order valence-electron chi connectivity index (χ4n) is 1.83. The van der Waals surface area contributed by atoms with Crippen LogP contribution in [0.1, 0.15) is 31.5 Å². The highest BCUT2D eigenvalue weighted by molar-refractivity contribution is 5.52. The Hall–Kier alpha value is -1.68. The summed E-state index contributed by atoms with van der Waals surface area (Å²) in [5.41, 5.74) is 3.21. The van der Waals surface area contributed by atoms with Crippen LogP contribution in [0.2, 0.25) is 0 Å². The van der Waals surface area contributed by atoms with Crippen LogP contribution in [-0.2, 0) is 13.0 Å². The molecule has 96 valence electrons. The topological polar surface area (TPSA) is 51.0 Å². The first kappa shape index (κ1) is 12.8. The summed E-state index contributed by atoms with van der Waals surface area (Å²) in [5, 5.41) is 3.38. The maximum absolute atomic E-state index is 5.06. The van der Waals surface area contributed by atoms with Gasteiger partial charge < -0.3 is 9.73 Å². The van der Waals surface area contributed by atoms with E-state index in [1.54, 1.807) is 12.5 Å². The third-order valence-electron chi connectivity index (χ3n) is 2.81. The number of nitrogens with zero attached hydrogens (tertiary/aromatic N) is 2. The lowest BCUT2D eigenvalue weighted by Gasteiger charge is -2.08. The second-order valence-corrected chi connectivity index (χ2v) is 4.21. The van der Waals surface area contributed by atoms with E-state index in [2.05, 4.69) is 29.1 Å². The van der Waals surface area contributed by atoms with Crippen LogP contribution in [0, 0.1) is 0 Å². The minimum absolute atomic E-state index is 0.736. The molecule has 0 fully saturated rings. The molecule has 0 radical (unpaired) electrons. The molecule has 4 heteroatoms. The maximum atomic E-state index is 5.06. The van der Waals surface area contributed by atoms with Gasteiger partial charge in [-0.25, -0.2) is 9.97 Å². The Morgan fingerprint density at radius 1 is 1.33 bits per heavy atom. The number of nitrogens with one attached hydrogen (secondary N) is 1. The van der Waals surface area contributed by atoms with Crippen LogP contribution in [0.15, 0.2) is 29.2 Å². The Kier molecular flexibility index (Phi) is 4.47. The first-order valence-corrected chi connectivity index (χ1v) is 6.43. The summed E-state index contributed by atoms with van der Waals surface area (Å²) < 4.78 is 5.06. The average molecular weight is 245 g/mol. The van der Waals surface area contributed by atoms with E-state index >= 15 is 0 Å². The van der Waals surface area contributed by atoms with E-state index in [9.17, 15) is 0 Å². The van der Waals surface area contributed by atoms with E-state index in [-0.39, 0.29) is 0 Å². The predicted octanol–water partition coefficient (Wildman–Crippen LogP) is 2.80. The van der Waals surface area contributed by atoms with E-state index < -0.39 is 0 Å². The average Bonchev–Trinajstić information content (AvgIpc) is 2.93. The van der Waals surface area contributed by atoms with E-state index in [0.717, 1.165) is 43.0 Å². The molecule has 2 rings (SSSR count). The summed E-state index contributed by atoms with van der Waals surface area (Å²) in [4.78, 5) is 9.00. The van der Waals surface area contributed by atoms with Crippen LogP contribution in [0.3, 0.4) is 0 Å². The zero-order valence-electron chi connectivity index (χ0n) is 10.9. The summed E-state index contributed by atoms with van der Waals surface area (Å²) in [6.45, 7) is 6.13. The van der Waals surface area contributed by atoms with Crippen LogP contribution in [0.25, 0.3) is 11.4 Å². The third-order valence-corrected chi connectivity index (χ3v) is 2.81. The lowest BCUT2D eigenvalue weighted by atomic mass is 10.1. The smallest absolute Gasteiger partial charge is 0.162 e. The minimum Gasteiger partial charge on any atom is -0.472 e. The molecule has 0 aliphatic rings. The van der Waals surface area contributed by atoms with Crippen molar-refractivity contribution in [2.75, 3.05) is 6.54 Å². The van der Waals surface area contributed by atoms with Gasteiger partial charge in [0.25, 0.3) is 0 Å². The molecule has 4 nitrogen and oxygen atoms in total. The van der Waals surface area contributed by atoms with Crippen molar-refractivity contribution in [3.05, 3.63) is 36.0 Å². The number of furan rings is 1. The molecule has 0 unspecified atom stereocenters. The van der Waals surface area contributed by atoms with Crippen molar-refractivity contribution in [1.82, 2.24) is 15.3 Å². The molecule has 0 aromatic carbocycles. The Labute approximate surface area is 107 Å². The monoisotopic (exact) mass is 245 g/mol. The highest BCUT2D eigenvalue weighted by atomic mass is 16.3. The van der Waals surface area contributed by atoms with Gasteiger partial charge in [0.1, 0.15) is 6.26 Å².